The molecule has 13 heavy (non-hydrogen) atoms. The van der Waals surface area contributed by atoms with E-state index in [1.165, 1.54) is 49.5 Å². The molecule has 0 nitrogen and oxygen atoms in total. The van der Waals surface area contributed by atoms with Gasteiger partial charge in [0.05, 0.1) is 0 Å². The highest BCUT2D eigenvalue weighted by molar-refractivity contribution is 6.93. The summed E-state index contributed by atoms with van der Waals surface area (Å²) < 4.78 is 1.32. The summed E-state index contributed by atoms with van der Waals surface area (Å²) in [4.78, 5) is 0. The monoisotopic (exact) mass is 212 g/mol. The van der Waals surface area contributed by atoms with E-state index in [1.54, 1.807) is 0 Å². The molecular weight excluding hydrogens is 192 g/mol. The molecule has 0 fully saturated rings. The van der Waals surface area contributed by atoms with Crippen LogP contribution >= 0.6 is 9.07 Å². The van der Waals surface area contributed by atoms with Gasteiger partial charge in [0, 0.05) is 0 Å². The molecule has 0 aromatic carbocycles. The van der Waals surface area contributed by atoms with Crippen LogP contribution in [0.3, 0.4) is 0 Å². The Morgan fingerprint density at radius 3 is 2.31 bits per heavy atom. The molecule has 0 bridgehead atoms. The molecule has 0 aliphatic carbocycles. The smallest absolute Gasteiger partial charge is 0.346 e. The number of hydrogen-bond donors (Lipinski definition) is 0. The lowest BCUT2D eigenvalue weighted by Crippen LogP contribution is -1.79. The van der Waals surface area contributed by atoms with Gasteiger partial charge < -0.3 is 9.07 Å². The van der Waals surface area contributed by atoms with Crippen LogP contribution in [-0.2, 0) is 0 Å². The van der Waals surface area contributed by atoms with Gasteiger partial charge in [-0.3, -0.25) is 0 Å². The third-order valence-corrected chi connectivity index (χ3v) is 3.71. The van der Waals surface area contributed by atoms with Crippen molar-refractivity contribution in [2.75, 3.05) is 0 Å². The molecule has 0 spiro atoms. The molecule has 74 valence electrons. The highest BCUT2D eigenvalue weighted by Crippen LogP contribution is 2.05. The van der Waals surface area contributed by atoms with E-state index in [4.69, 9.17) is 9.07 Å². The second-order valence-corrected chi connectivity index (χ2v) is 5.72. The Hall–Kier alpha value is 0.796. The molecule has 0 heterocycles. The van der Waals surface area contributed by atoms with Gasteiger partial charge in [0.2, 0.25) is 0 Å². The predicted octanol–water partition coefficient (Wildman–Crippen LogP) is 4.57. The van der Waals surface area contributed by atoms with Crippen LogP contribution in [0.5, 0.6) is 0 Å². The van der Waals surface area contributed by atoms with E-state index < -0.39 is 0 Å². The van der Waals surface area contributed by atoms with Crippen LogP contribution < -0.4 is 0 Å². The maximum Gasteiger partial charge on any atom is 0.501 e. The van der Waals surface area contributed by atoms with Gasteiger partial charge in [-0.05, 0) is 19.3 Å². The molecule has 0 N–H and O–H groups in total. The summed E-state index contributed by atoms with van der Waals surface area (Å²) in [6, 6.07) is 0. The van der Waals surface area contributed by atoms with Crippen LogP contribution in [-0.4, -0.2) is 19.3 Å². The maximum atomic E-state index is 5.72. The van der Waals surface area contributed by atoms with E-state index in [0.717, 1.165) is 0 Å². The van der Waals surface area contributed by atoms with Crippen molar-refractivity contribution in [2.24, 2.45) is 0 Å². The quantitative estimate of drug-likeness (QED) is 0.299. The molecule has 0 rings (SSSR count). The molecule has 0 aliphatic rings. The maximum absolute atomic E-state index is 5.72. The summed E-state index contributed by atoms with van der Waals surface area (Å²) in [6.07, 6.45) is 14.0. The lowest BCUT2D eigenvalue weighted by molar-refractivity contribution is 0.725. The normalized spacial score (nSPS) is 10.6. The fourth-order valence-electron chi connectivity index (χ4n) is 1.27. The van der Waals surface area contributed by atoms with E-state index in [2.05, 4.69) is 19.1 Å². The molecule has 0 aromatic heterocycles. The minimum Gasteiger partial charge on any atom is -0.346 e. The van der Waals surface area contributed by atoms with Crippen LogP contribution in [0.25, 0.3) is 0 Å². The second kappa shape index (κ2) is 12.8. The zero-order chi connectivity index (χ0) is 9.78. The van der Waals surface area contributed by atoms with Crippen LogP contribution in [0, 0.1) is 0 Å². The fourth-order valence-corrected chi connectivity index (χ4v) is 2.38. The Kier molecular flexibility index (Phi) is 13.6. The number of halogens is 1. The van der Waals surface area contributed by atoms with Crippen molar-refractivity contribution in [1.82, 2.24) is 0 Å². The lowest BCUT2D eigenvalue weighted by atomic mass is 10.2. The lowest BCUT2D eigenvalue weighted by Gasteiger charge is -1.95. The molecule has 0 aromatic rings. The predicted molar refractivity (Wildman–Crippen MR) is 63.5 cm³/mol. The summed E-state index contributed by atoms with van der Waals surface area (Å²) >= 11 is -0.183. The average molecular weight is 213 g/mol. The van der Waals surface area contributed by atoms with Gasteiger partial charge in [-0.1, -0.05) is 44.8 Å². The Balaban J connectivity index is 2.93. The Bertz CT molecular complexity index is 113. The number of allylic oxidation sites excluding steroid dienone is 2. The number of rotatable bonds is 9. The van der Waals surface area contributed by atoms with Crippen LogP contribution in [0.15, 0.2) is 12.2 Å². The third-order valence-electron chi connectivity index (χ3n) is 2.15. The number of unbranched alkanes of at least 4 members (excludes halogenated alkanes) is 5. The molecular formula is C11H21ClMg. The van der Waals surface area contributed by atoms with E-state index in [-0.39, 0.29) is 19.3 Å². The number of hydrogen-bond acceptors (Lipinski definition) is 0. The Morgan fingerprint density at radius 2 is 1.69 bits per heavy atom. The molecule has 0 atom stereocenters. The van der Waals surface area contributed by atoms with E-state index in [1.807, 2.05) is 0 Å². The van der Waals surface area contributed by atoms with E-state index in [0.29, 0.717) is 0 Å². The fraction of sp³-hybridized carbons (Fsp3) is 0.818. The van der Waals surface area contributed by atoms with Gasteiger partial charge in [0.15, 0.2) is 0 Å². The van der Waals surface area contributed by atoms with Crippen molar-refractivity contribution < 1.29 is 0 Å². The van der Waals surface area contributed by atoms with E-state index in [9.17, 15) is 0 Å². The zero-order valence-corrected chi connectivity index (χ0v) is 11.1. The molecule has 0 unspecified atom stereocenters. The second-order valence-electron chi connectivity index (χ2n) is 3.51. The largest absolute Gasteiger partial charge is 0.501 e. The van der Waals surface area contributed by atoms with Crippen LogP contribution in [0.4, 0.5) is 0 Å². The van der Waals surface area contributed by atoms with Gasteiger partial charge in [-0.25, -0.2) is 0 Å². The zero-order valence-electron chi connectivity index (χ0n) is 8.90. The summed E-state index contributed by atoms with van der Waals surface area (Å²) in [7, 11) is 5.72. The minimum atomic E-state index is -0.183. The van der Waals surface area contributed by atoms with Crippen molar-refractivity contribution in [2.45, 2.75) is 56.4 Å². The summed E-state index contributed by atoms with van der Waals surface area (Å²) in [6.45, 7) is 2.24. The minimum absolute atomic E-state index is 0.183. The summed E-state index contributed by atoms with van der Waals surface area (Å²) in [5.41, 5.74) is 0. The Labute approximate surface area is 96.6 Å². The molecule has 0 amide bonds. The first-order valence-electron chi connectivity index (χ1n) is 5.62. The Morgan fingerprint density at radius 1 is 1.00 bits per heavy atom. The van der Waals surface area contributed by atoms with Crippen LogP contribution in [0.1, 0.15) is 51.9 Å². The van der Waals surface area contributed by atoms with Crippen molar-refractivity contribution in [3.05, 3.63) is 12.2 Å². The first-order valence-corrected chi connectivity index (χ1v) is 8.76. The average Bonchev–Trinajstić information content (AvgIpc) is 2.16. The molecule has 0 saturated heterocycles. The SMILES string of the molecule is CCCC/C=C\CCCC[CH2][Mg][Cl]. The molecule has 2 heteroatoms. The highest BCUT2D eigenvalue weighted by Gasteiger charge is 1.90. The van der Waals surface area contributed by atoms with Gasteiger partial charge in [-0.2, -0.15) is 0 Å². The third kappa shape index (κ3) is 12.8. The summed E-state index contributed by atoms with van der Waals surface area (Å²) in [5.74, 6) is 0. The first-order chi connectivity index (χ1) is 6.41. The van der Waals surface area contributed by atoms with Crippen molar-refractivity contribution in [3.8, 4) is 0 Å². The van der Waals surface area contributed by atoms with Crippen LogP contribution in [0.2, 0.25) is 4.55 Å². The van der Waals surface area contributed by atoms with Crippen molar-refractivity contribution >= 4 is 28.3 Å². The molecule has 0 radical (unpaired) electrons. The van der Waals surface area contributed by atoms with E-state index >= 15 is 0 Å². The topological polar surface area (TPSA) is 0 Å². The van der Waals surface area contributed by atoms with Gasteiger partial charge in [-0.15, -0.1) is 4.55 Å². The van der Waals surface area contributed by atoms with Gasteiger partial charge >= 0.3 is 19.3 Å². The standard InChI is InChI=1S/C11H21.ClH.Mg/c1-3-5-7-9-11-10-8-6-4-2;;/h10-11H,1,3-9H2,2H3;1H;/q;;+1/p-1/b11-10-;;. The first kappa shape index (κ1) is 13.8. The van der Waals surface area contributed by atoms with Gasteiger partial charge in [0.1, 0.15) is 0 Å². The highest BCUT2D eigenvalue weighted by atomic mass is 35.5. The van der Waals surface area contributed by atoms with Crippen molar-refractivity contribution in [1.29, 1.82) is 0 Å². The molecule has 0 saturated carbocycles. The molecule has 0 aliphatic heterocycles. The van der Waals surface area contributed by atoms with Crippen molar-refractivity contribution in [3.63, 3.8) is 0 Å². The summed E-state index contributed by atoms with van der Waals surface area (Å²) in [5, 5.41) is 0. The van der Waals surface area contributed by atoms with Gasteiger partial charge in [0.25, 0.3) is 0 Å².